The molecule has 2 amide bonds. The van der Waals surface area contributed by atoms with E-state index in [1.807, 2.05) is 0 Å². The van der Waals surface area contributed by atoms with Gasteiger partial charge in [0.15, 0.2) is 0 Å². The second-order valence-corrected chi connectivity index (χ2v) is 6.65. The zero-order valence-electron chi connectivity index (χ0n) is 13.7. The van der Waals surface area contributed by atoms with Crippen molar-refractivity contribution < 1.29 is 9.59 Å². The van der Waals surface area contributed by atoms with Crippen molar-refractivity contribution in [2.75, 3.05) is 10.6 Å². The van der Waals surface area contributed by atoms with Gasteiger partial charge in [-0.05, 0) is 54.6 Å². The Balaban J connectivity index is 1.67. The van der Waals surface area contributed by atoms with Crippen LogP contribution in [0.2, 0.25) is 15.2 Å². The quantitative estimate of drug-likeness (QED) is 0.544. The maximum Gasteiger partial charge on any atom is 0.258 e. The summed E-state index contributed by atoms with van der Waals surface area (Å²) in [5.41, 5.74) is 1.67. The molecule has 3 aromatic rings. The van der Waals surface area contributed by atoms with Crippen LogP contribution in [0.5, 0.6) is 0 Å². The van der Waals surface area contributed by atoms with Crippen LogP contribution >= 0.6 is 34.8 Å². The highest BCUT2D eigenvalue weighted by Crippen LogP contribution is 2.23. The highest BCUT2D eigenvalue weighted by Gasteiger charge is 2.12. The number of amides is 2. The Kier molecular flexibility index (Phi) is 5.96. The molecule has 5 nitrogen and oxygen atoms in total. The number of aromatic nitrogens is 1. The van der Waals surface area contributed by atoms with E-state index in [2.05, 4.69) is 15.6 Å². The molecule has 136 valence electrons. The molecular weight excluding hydrogens is 409 g/mol. The van der Waals surface area contributed by atoms with Crippen molar-refractivity contribution in [1.29, 1.82) is 0 Å². The van der Waals surface area contributed by atoms with Gasteiger partial charge in [-0.1, -0.05) is 34.8 Å². The lowest BCUT2D eigenvalue weighted by atomic mass is 10.2. The third-order valence-corrected chi connectivity index (χ3v) is 4.43. The van der Waals surface area contributed by atoms with Crippen LogP contribution in [0.3, 0.4) is 0 Å². The van der Waals surface area contributed by atoms with Gasteiger partial charge in [0.1, 0.15) is 5.15 Å². The van der Waals surface area contributed by atoms with Gasteiger partial charge in [-0.25, -0.2) is 4.98 Å². The topological polar surface area (TPSA) is 71.1 Å². The van der Waals surface area contributed by atoms with Gasteiger partial charge >= 0.3 is 0 Å². The second-order valence-electron chi connectivity index (χ2n) is 5.45. The number of nitrogens with one attached hydrogen (secondary N) is 2. The summed E-state index contributed by atoms with van der Waals surface area (Å²) < 4.78 is 0. The molecule has 0 aliphatic carbocycles. The van der Waals surface area contributed by atoms with Crippen LogP contribution in [0.15, 0.2) is 60.8 Å². The van der Waals surface area contributed by atoms with Crippen molar-refractivity contribution >= 4 is 58.0 Å². The van der Waals surface area contributed by atoms with Crippen LogP contribution in [0.25, 0.3) is 0 Å². The number of halogens is 3. The fourth-order valence-electron chi connectivity index (χ4n) is 2.26. The maximum atomic E-state index is 12.3. The minimum atomic E-state index is -0.377. The molecular formula is C19H12Cl3N3O2. The van der Waals surface area contributed by atoms with E-state index < -0.39 is 0 Å². The SMILES string of the molecule is O=C(Nc1ccc(NC(=O)c2cccnc2Cl)cc1)c1ccc(Cl)cc1Cl. The lowest BCUT2D eigenvalue weighted by Crippen LogP contribution is -2.14. The maximum absolute atomic E-state index is 12.3. The standard InChI is InChI=1S/C19H12Cl3N3O2/c20-11-3-8-14(16(21)10-11)18(26)24-12-4-6-13(7-5-12)25-19(27)15-2-1-9-23-17(15)22/h1-10H,(H,24,26)(H,25,27). The zero-order valence-corrected chi connectivity index (χ0v) is 15.9. The second kappa shape index (κ2) is 8.39. The first kappa shape index (κ1) is 19.2. The van der Waals surface area contributed by atoms with Crippen LogP contribution in [0.4, 0.5) is 11.4 Å². The first-order valence-corrected chi connectivity index (χ1v) is 8.86. The highest BCUT2D eigenvalue weighted by atomic mass is 35.5. The van der Waals surface area contributed by atoms with E-state index >= 15 is 0 Å². The molecule has 0 atom stereocenters. The number of benzene rings is 2. The molecule has 0 spiro atoms. The fourth-order valence-corrected chi connectivity index (χ4v) is 2.96. The summed E-state index contributed by atoms with van der Waals surface area (Å²) in [5.74, 6) is -0.742. The van der Waals surface area contributed by atoms with Gasteiger partial charge in [-0.15, -0.1) is 0 Å². The summed E-state index contributed by atoms with van der Waals surface area (Å²) in [4.78, 5) is 28.4. The fraction of sp³-hybridized carbons (Fsp3) is 0. The highest BCUT2D eigenvalue weighted by molar-refractivity contribution is 6.37. The summed E-state index contributed by atoms with van der Waals surface area (Å²) in [6.07, 6.45) is 1.50. The first-order chi connectivity index (χ1) is 12.9. The smallest absolute Gasteiger partial charge is 0.258 e. The van der Waals surface area contributed by atoms with E-state index in [-0.39, 0.29) is 27.6 Å². The van der Waals surface area contributed by atoms with Crippen LogP contribution in [-0.2, 0) is 0 Å². The van der Waals surface area contributed by atoms with Gasteiger partial charge < -0.3 is 10.6 Å². The van der Waals surface area contributed by atoms with Gasteiger partial charge in [-0.2, -0.15) is 0 Å². The minimum Gasteiger partial charge on any atom is -0.322 e. The lowest BCUT2D eigenvalue weighted by Gasteiger charge is -2.09. The van der Waals surface area contributed by atoms with Crippen LogP contribution in [0, 0.1) is 0 Å². The van der Waals surface area contributed by atoms with E-state index in [1.54, 1.807) is 48.5 Å². The summed E-state index contributed by atoms with van der Waals surface area (Å²) in [5, 5.41) is 6.28. The van der Waals surface area contributed by atoms with Gasteiger partial charge in [0.2, 0.25) is 0 Å². The molecule has 1 aromatic heterocycles. The summed E-state index contributed by atoms with van der Waals surface area (Å²) >= 11 is 17.8. The van der Waals surface area contributed by atoms with Crippen LogP contribution < -0.4 is 10.6 Å². The number of pyridine rings is 1. The molecule has 0 saturated heterocycles. The molecule has 8 heteroatoms. The third kappa shape index (κ3) is 4.77. The third-order valence-electron chi connectivity index (χ3n) is 3.58. The molecule has 2 N–H and O–H groups in total. The normalized spacial score (nSPS) is 10.3. The van der Waals surface area contributed by atoms with E-state index in [0.29, 0.717) is 22.0 Å². The molecule has 3 rings (SSSR count). The average Bonchev–Trinajstić information content (AvgIpc) is 2.63. The van der Waals surface area contributed by atoms with Crippen molar-refractivity contribution in [3.05, 3.63) is 87.1 Å². The van der Waals surface area contributed by atoms with Crippen molar-refractivity contribution in [3.8, 4) is 0 Å². The van der Waals surface area contributed by atoms with Gasteiger partial charge in [0.05, 0.1) is 16.1 Å². The minimum absolute atomic E-state index is 0.124. The number of rotatable bonds is 4. The Hall–Kier alpha value is -2.60. The number of hydrogen-bond acceptors (Lipinski definition) is 3. The number of carbonyl (C=O) groups excluding carboxylic acids is 2. The summed E-state index contributed by atoms with van der Waals surface area (Å²) in [6.45, 7) is 0. The monoisotopic (exact) mass is 419 g/mol. The van der Waals surface area contributed by atoms with Gasteiger partial charge in [0, 0.05) is 22.6 Å². The zero-order chi connectivity index (χ0) is 19.4. The Morgan fingerprint density at radius 3 is 1.93 bits per heavy atom. The van der Waals surface area contributed by atoms with E-state index in [0.717, 1.165) is 0 Å². The summed E-state index contributed by atoms with van der Waals surface area (Å²) in [7, 11) is 0. The predicted molar refractivity (Wildman–Crippen MR) is 108 cm³/mol. The molecule has 27 heavy (non-hydrogen) atoms. The van der Waals surface area contributed by atoms with Crippen molar-refractivity contribution in [1.82, 2.24) is 4.98 Å². The average molecular weight is 421 g/mol. The van der Waals surface area contributed by atoms with Crippen LogP contribution in [0.1, 0.15) is 20.7 Å². The largest absolute Gasteiger partial charge is 0.322 e. The molecule has 1 heterocycles. The van der Waals surface area contributed by atoms with Gasteiger partial charge in [0.25, 0.3) is 11.8 Å². The predicted octanol–water partition coefficient (Wildman–Crippen LogP) is 5.55. The van der Waals surface area contributed by atoms with Gasteiger partial charge in [-0.3, -0.25) is 9.59 Å². The Labute approximate surface area is 170 Å². The molecule has 0 bridgehead atoms. The summed E-state index contributed by atoms with van der Waals surface area (Å²) in [6, 6.07) is 14.5. The Morgan fingerprint density at radius 1 is 0.778 bits per heavy atom. The van der Waals surface area contributed by atoms with Crippen molar-refractivity contribution in [2.45, 2.75) is 0 Å². The van der Waals surface area contributed by atoms with E-state index in [1.165, 1.54) is 12.3 Å². The molecule has 0 aliphatic rings. The van der Waals surface area contributed by atoms with Crippen molar-refractivity contribution in [2.24, 2.45) is 0 Å². The Morgan fingerprint density at radius 2 is 1.37 bits per heavy atom. The number of anilines is 2. The van der Waals surface area contributed by atoms with Crippen molar-refractivity contribution in [3.63, 3.8) is 0 Å². The number of hydrogen-bond donors (Lipinski definition) is 2. The molecule has 0 radical (unpaired) electrons. The Bertz CT molecular complexity index is 1010. The molecule has 0 fully saturated rings. The number of carbonyl (C=O) groups is 2. The number of nitrogens with zero attached hydrogens (tertiary/aromatic N) is 1. The molecule has 2 aromatic carbocycles. The lowest BCUT2D eigenvalue weighted by molar-refractivity contribution is 0.101. The van der Waals surface area contributed by atoms with E-state index in [4.69, 9.17) is 34.8 Å². The molecule has 0 saturated carbocycles. The first-order valence-electron chi connectivity index (χ1n) is 7.72. The van der Waals surface area contributed by atoms with E-state index in [9.17, 15) is 9.59 Å². The van der Waals surface area contributed by atoms with Crippen LogP contribution in [-0.4, -0.2) is 16.8 Å². The molecule has 0 unspecified atom stereocenters. The molecule has 0 aliphatic heterocycles.